The molecule has 9 heteroatoms. The number of fused-ring (bicyclic) bond motifs is 1. The monoisotopic (exact) mass is 292 g/mol. The number of H-pyrrole nitrogens is 1. The molecule has 0 unspecified atom stereocenters. The van der Waals surface area contributed by atoms with Crippen LogP contribution in [0.15, 0.2) is 35.6 Å². The van der Waals surface area contributed by atoms with Crippen molar-refractivity contribution in [3.63, 3.8) is 0 Å². The molecule has 20 heavy (non-hydrogen) atoms. The van der Waals surface area contributed by atoms with Gasteiger partial charge in [0, 0.05) is 29.8 Å². The second-order valence-corrected chi connectivity index (χ2v) is 5.92. The zero-order chi connectivity index (χ0) is 14.3. The molecule has 0 bridgehead atoms. The molecule has 0 aliphatic rings. The third-order valence-electron chi connectivity index (χ3n) is 2.89. The molecule has 3 rings (SSSR count). The van der Waals surface area contributed by atoms with Gasteiger partial charge >= 0.3 is 0 Å². The highest BCUT2D eigenvalue weighted by Crippen LogP contribution is 2.25. The Labute approximate surface area is 114 Å². The molecule has 2 aromatic heterocycles. The fourth-order valence-electron chi connectivity index (χ4n) is 1.90. The zero-order valence-electron chi connectivity index (χ0n) is 10.5. The van der Waals surface area contributed by atoms with E-state index < -0.39 is 10.0 Å². The number of rotatable bonds is 3. The summed E-state index contributed by atoms with van der Waals surface area (Å²) in [5, 5.41) is 4.34. The van der Waals surface area contributed by atoms with Crippen LogP contribution in [0.3, 0.4) is 0 Å². The number of hydrogen-bond acceptors (Lipinski definition) is 5. The summed E-state index contributed by atoms with van der Waals surface area (Å²) >= 11 is 0. The third-order valence-corrected chi connectivity index (χ3v) is 4.26. The zero-order valence-corrected chi connectivity index (χ0v) is 11.3. The van der Waals surface area contributed by atoms with E-state index in [-0.39, 0.29) is 10.8 Å². The first kappa shape index (κ1) is 12.5. The van der Waals surface area contributed by atoms with Crippen molar-refractivity contribution in [3.05, 3.63) is 30.7 Å². The van der Waals surface area contributed by atoms with Crippen LogP contribution in [0.25, 0.3) is 10.9 Å². The predicted molar refractivity (Wildman–Crippen MR) is 74.5 cm³/mol. The van der Waals surface area contributed by atoms with Gasteiger partial charge in [-0.15, -0.1) is 0 Å². The van der Waals surface area contributed by atoms with Crippen LogP contribution in [0.4, 0.5) is 11.6 Å². The summed E-state index contributed by atoms with van der Waals surface area (Å²) < 4.78 is 28.5. The smallest absolute Gasteiger partial charge is 0.266 e. The van der Waals surface area contributed by atoms with E-state index in [9.17, 15) is 8.42 Å². The van der Waals surface area contributed by atoms with Crippen LogP contribution in [0.2, 0.25) is 0 Å². The average Bonchev–Trinajstić information content (AvgIpc) is 2.96. The number of nitrogens with zero attached hydrogens (tertiary/aromatic N) is 3. The van der Waals surface area contributed by atoms with E-state index in [1.54, 1.807) is 25.2 Å². The van der Waals surface area contributed by atoms with E-state index in [0.717, 1.165) is 0 Å². The summed E-state index contributed by atoms with van der Waals surface area (Å²) in [6.07, 6.45) is 2.69. The van der Waals surface area contributed by atoms with Gasteiger partial charge in [0.05, 0.1) is 0 Å². The molecule has 8 nitrogen and oxygen atoms in total. The number of aryl methyl sites for hydroxylation is 1. The molecule has 4 N–H and O–H groups in total. The first-order chi connectivity index (χ1) is 9.47. The lowest BCUT2D eigenvalue weighted by molar-refractivity contribution is 0.601. The summed E-state index contributed by atoms with van der Waals surface area (Å²) in [6, 6.07) is 5.04. The number of hydrogen-bond donors (Lipinski definition) is 3. The van der Waals surface area contributed by atoms with Crippen molar-refractivity contribution in [2.75, 3.05) is 10.5 Å². The van der Waals surface area contributed by atoms with Crippen molar-refractivity contribution in [1.29, 1.82) is 0 Å². The third kappa shape index (κ3) is 1.97. The number of nitrogens with two attached hydrogens (primary N) is 1. The summed E-state index contributed by atoms with van der Waals surface area (Å²) in [4.78, 5) is 6.85. The topological polar surface area (TPSA) is 119 Å². The van der Waals surface area contributed by atoms with Gasteiger partial charge in [-0.1, -0.05) is 0 Å². The first-order valence-electron chi connectivity index (χ1n) is 5.71. The number of anilines is 2. The van der Waals surface area contributed by atoms with Gasteiger partial charge in [-0.25, -0.2) is 17.8 Å². The second-order valence-electron chi connectivity index (χ2n) is 4.27. The Balaban J connectivity index is 2.10. The van der Waals surface area contributed by atoms with E-state index in [2.05, 4.69) is 19.8 Å². The Bertz CT molecular complexity index is 879. The van der Waals surface area contributed by atoms with E-state index in [0.29, 0.717) is 16.6 Å². The standard InChI is InChI=1S/C11H12N6O2S/c1-17-11(14-6-15-17)16-20(18,19)10-5-13-9-3-2-7(12)4-8(9)10/h2-6,13H,12H2,1H3,(H,14,15,16). The highest BCUT2D eigenvalue weighted by atomic mass is 32.2. The quantitative estimate of drug-likeness (QED) is 0.613. The molecule has 0 saturated carbocycles. The lowest BCUT2D eigenvalue weighted by Gasteiger charge is -2.05. The maximum absolute atomic E-state index is 12.4. The highest BCUT2D eigenvalue weighted by Gasteiger charge is 2.21. The molecule has 1 aromatic carbocycles. The average molecular weight is 292 g/mol. The minimum atomic E-state index is -3.77. The maximum Gasteiger partial charge on any atom is 0.266 e. The van der Waals surface area contributed by atoms with Crippen molar-refractivity contribution in [2.45, 2.75) is 4.90 Å². The number of sulfonamides is 1. The summed E-state index contributed by atoms with van der Waals surface area (Å²) in [5.41, 5.74) is 6.88. The van der Waals surface area contributed by atoms with Gasteiger partial charge in [0.25, 0.3) is 10.0 Å². The molecular formula is C11H12N6O2S. The second kappa shape index (κ2) is 4.23. The highest BCUT2D eigenvalue weighted by molar-refractivity contribution is 7.93. The van der Waals surface area contributed by atoms with Gasteiger partial charge in [0.1, 0.15) is 11.2 Å². The van der Waals surface area contributed by atoms with Gasteiger partial charge < -0.3 is 10.7 Å². The van der Waals surface area contributed by atoms with E-state index in [1.807, 2.05) is 0 Å². The molecule has 2 heterocycles. The number of aromatic amines is 1. The minimum absolute atomic E-state index is 0.114. The molecule has 3 aromatic rings. The van der Waals surface area contributed by atoms with Crippen LogP contribution in [-0.2, 0) is 17.1 Å². The summed E-state index contributed by atoms with van der Waals surface area (Å²) in [5.74, 6) is 0.142. The predicted octanol–water partition coefficient (Wildman–Crippen LogP) is 0.679. The van der Waals surface area contributed by atoms with Crippen LogP contribution < -0.4 is 10.5 Å². The van der Waals surface area contributed by atoms with Crippen molar-refractivity contribution < 1.29 is 8.42 Å². The first-order valence-corrected chi connectivity index (χ1v) is 7.19. The maximum atomic E-state index is 12.4. The molecule has 0 fully saturated rings. The molecule has 0 atom stereocenters. The van der Waals surface area contributed by atoms with Crippen LogP contribution in [0.1, 0.15) is 0 Å². The fourth-order valence-corrected chi connectivity index (χ4v) is 3.11. The molecule has 0 aliphatic carbocycles. The number of nitrogen functional groups attached to an aromatic ring is 1. The van der Waals surface area contributed by atoms with Crippen LogP contribution >= 0.6 is 0 Å². The molecule has 104 valence electrons. The van der Waals surface area contributed by atoms with Gasteiger partial charge in [0.15, 0.2) is 0 Å². The number of benzene rings is 1. The molecule has 0 saturated heterocycles. The Morgan fingerprint density at radius 1 is 1.40 bits per heavy atom. The fraction of sp³-hybridized carbons (Fsp3) is 0.0909. The largest absolute Gasteiger partial charge is 0.399 e. The van der Waals surface area contributed by atoms with Crippen LogP contribution in [0, 0.1) is 0 Å². The normalized spacial score (nSPS) is 11.8. The number of aromatic nitrogens is 4. The van der Waals surface area contributed by atoms with Crippen molar-refractivity contribution in [1.82, 2.24) is 19.7 Å². The summed E-state index contributed by atoms with van der Waals surface area (Å²) in [7, 11) is -2.17. The SMILES string of the molecule is Cn1ncnc1NS(=O)(=O)c1c[nH]c2ccc(N)cc12. The van der Waals surface area contributed by atoms with Crippen molar-refractivity contribution in [3.8, 4) is 0 Å². The van der Waals surface area contributed by atoms with Gasteiger partial charge in [-0.3, -0.25) is 0 Å². The van der Waals surface area contributed by atoms with E-state index in [1.165, 1.54) is 17.2 Å². The van der Waals surface area contributed by atoms with E-state index in [4.69, 9.17) is 5.73 Å². The lowest BCUT2D eigenvalue weighted by Crippen LogP contribution is -2.15. The van der Waals surface area contributed by atoms with Crippen molar-refractivity contribution >= 4 is 32.6 Å². The van der Waals surface area contributed by atoms with Crippen molar-refractivity contribution in [2.24, 2.45) is 7.05 Å². The number of nitrogens with one attached hydrogen (secondary N) is 2. The molecular weight excluding hydrogens is 280 g/mol. The van der Waals surface area contributed by atoms with Gasteiger partial charge in [-0.2, -0.15) is 10.1 Å². The van der Waals surface area contributed by atoms with E-state index >= 15 is 0 Å². The van der Waals surface area contributed by atoms with Crippen LogP contribution in [-0.4, -0.2) is 28.2 Å². The minimum Gasteiger partial charge on any atom is -0.399 e. The molecule has 0 radical (unpaired) electrons. The van der Waals surface area contributed by atoms with Crippen LogP contribution in [0.5, 0.6) is 0 Å². The van der Waals surface area contributed by atoms with Gasteiger partial charge in [0.2, 0.25) is 5.95 Å². The lowest BCUT2D eigenvalue weighted by atomic mass is 10.2. The Hall–Kier alpha value is -2.55. The Kier molecular flexibility index (Phi) is 2.64. The molecule has 0 spiro atoms. The van der Waals surface area contributed by atoms with Gasteiger partial charge in [-0.05, 0) is 18.2 Å². The summed E-state index contributed by atoms with van der Waals surface area (Å²) in [6.45, 7) is 0. The Morgan fingerprint density at radius 3 is 2.90 bits per heavy atom. The molecule has 0 amide bonds. The Morgan fingerprint density at radius 2 is 2.20 bits per heavy atom. The molecule has 0 aliphatic heterocycles.